The third-order valence-corrected chi connectivity index (χ3v) is 4.90. The van der Waals surface area contributed by atoms with Crippen molar-refractivity contribution in [3.8, 4) is 0 Å². The Labute approximate surface area is 134 Å². The molecule has 0 aromatic carbocycles. The second kappa shape index (κ2) is 5.79. The summed E-state index contributed by atoms with van der Waals surface area (Å²) in [6, 6.07) is 0.0180. The molecule has 0 radical (unpaired) electrons. The first-order chi connectivity index (χ1) is 10.9. The molecule has 7 heteroatoms. The summed E-state index contributed by atoms with van der Waals surface area (Å²) in [7, 11) is 1.78. The van der Waals surface area contributed by atoms with E-state index in [1.807, 2.05) is 4.90 Å². The number of amides is 2. The van der Waals surface area contributed by atoms with Crippen molar-refractivity contribution in [3.63, 3.8) is 0 Å². The average Bonchev–Trinajstić information content (AvgIpc) is 2.79. The van der Waals surface area contributed by atoms with Gasteiger partial charge in [-0.2, -0.15) is 0 Å². The van der Waals surface area contributed by atoms with Gasteiger partial charge in [0.25, 0.3) is 5.56 Å². The number of fused-ring (bicyclic) bond motifs is 2. The minimum absolute atomic E-state index is 0.0391. The molecule has 3 heterocycles. The molecule has 0 spiro atoms. The Morgan fingerprint density at radius 2 is 1.96 bits per heavy atom. The van der Waals surface area contributed by atoms with Gasteiger partial charge >= 0.3 is 0 Å². The smallest absolute Gasteiger partial charge is 0.254 e. The monoisotopic (exact) mass is 318 g/mol. The van der Waals surface area contributed by atoms with Crippen LogP contribution in [-0.2, 0) is 16.0 Å². The van der Waals surface area contributed by atoms with E-state index in [2.05, 4.69) is 9.97 Å². The minimum Gasteiger partial charge on any atom is -0.344 e. The van der Waals surface area contributed by atoms with Gasteiger partial charge in [0, 0.05) is 43.4 Å². The van der Waals surface area contributed by atoms with Crippen LogP contribution in [0.2, 0.25) is 0 Å². The van der Waals surface area contributed by atoms with Gasteiger partial charge in [-0.3, -0.25) is 14.4 Å². The normalized spacial score (nSPS) is 24.0. The maximum atomic E-state index is 12.8. The largest absolute Gasteiger partial charge is 0.344 e. The van der Waals surface area contributed by atoms with E-state index in [0.29, 0.717) is 30.0 Å². The Kier molecular flexibility index (Phi) is 3.95. The molecule has 2 bridgehead atoms. The predicted octanol–water partition coefficient (Wildman–Crippen LogP) is 0.151. The summed E-state index contributed by atoms with van der Waals surface area (Å²) in [5, 5.41) is 0. The minimum atomic E-state index is -0.251. The summed E-state index contributed by atoms with van der Waals surface area (Å²) < 4.78 is 0. The summed E-state index contributed by atoms with van der Waals surface area (Å²) in [5.74, 6) is 0.548. The molecular weight excluding hydrogens is 296 g/mol. The first kappa shape index (κ1) is 15.7. The van der Waals surface area contributed by atoms with Crippen LogP contribution in [0.15, 0.2) is 4.79 Å². The average molecular weight is 318 g/mol. The van der Waals surface area contributed by atoms with Gasteiger partial charge in [-0.05, 0) is 26.7 Å². The third kappa shape index (κ3) is 2.87. The second-order valence-electron chi connectivity index (χ2n) is 6.56. The molecule has 0 saturated carbocycles. The van der Waals surface area contributed by atoms with Crippen molar-refractivity contribution in [2.75, 3.05) is 13.6 Å². The lowest BCUT2D eigenvalue weighted by molar-refractivity contribution is -0.133. The number of nitrogens with zero attached hydrogens (tertiary/aromatic N) is 3. The maximum Gasteiger partial charge on any atom is 0.254 e. The van der Waals surface area contributed by atoms with Gasteiger partial charge in [-0.1, -0.05) is 0 Å². The number of hydrogen-bond donors (Lipinski definition) is 1. The van der Waals surface area contributed by atoms with Crippen LogP contribution in [0.25, 0.3) is 0 Å². The number of nitrogens with one attached hydrogen (secondary N) is 1. The Hall–Kier alpha value is -2.18. The van der Waals surface area contributed by atoms with E-state index in [1.165, 1.54) is 0 Å². The fraction of sp³-hybridized carbons (Fsp3) is 0.625. The lowest BCUT2D eigenvalue weighted by atomic mass is 10.1. The van der Waals surface area contributed by atoms with Gasteiger partial charge < -0.3 is 14.8 Å². The second-order valence-corrected chi connectivity index (χ2v) is 6.56. The van der Waals surface area contributed by atoms with Gasteiger partial charge in [0.15, 0.2) is 0 Å². The standard InChI is InChI=1S/C16H22N4O3/c1-9-13(16(23)18-10(2)17-9)7-15(22)20-11-4-5-12(20)8-19(3)14(21)6-11/h11-12H,4-8H2,1-3H3,(H,17,18,23)/t11-,12+/m1/s1. The van der Waals surface area contributed by atoms with Crippen molar-refractivity contribution in [3.05, 3.63) is 27.4 Å². The number of carbonyl (C=O) groups excluding carboxylic acids is 2. The molecular formula is C16H22N4O3. The lowest BCUT2D eigenvalue weighted by Crippen LogP contribution is -2.44. The van der Waals surface area contributed by atoms with Crippen molar-refractivity contribution in [2.24, 2.45) is 0 Å². The van der Waals surface area contributed by atoms with Crippen LogP contribution in [0.4, 0.5) is 0 Å². The number of aromatic amines is 1. The van der Waals surface area contributed by atoms with E-state index < -0.39 is 0 Å². The maximum absolute atomic E-state index is 12.8. The number of likely N-dealkylation sites (tertiary alicyclic amines) is 1. The lowest BCUT2D eigenvalue weighted by Gasteiger charge is -2.28. The molecule has 3 rings (SSSR count). The van der Waals surface area contributed by atoms with Crippen LogP contribution >= 0.6 is 0 Å². The Morgan fingerprint density at radius 1 is 1.26 bits per heavy atom. The topological polar surface area (TPSA) is 86.4 Å². The molecule has 2 amide bonds. The Morgan fingerprint density at radius 3 is 2.65 bits per heavy atom. The summed E-state index contributed by atoms with van der Waals surface area (Å²) in [5.41, 5.74) is 0.762. The molecule has 2 aliphatic rings. The fourth-order valence-corrected chi connectivity index (χ4v) is 3.73. The van der Waals surface area contributed by atoms with Crippen molar-refractivity contribution in [1.82, 2.24) is 19.8 Å². The summed E-state index contributed by atoms with van der Waals surface area (Å²) in [4.78, 5) is 47.3. The van der Waals surface area contributed by atoms with Crippen LogP contribution in [0, 0.1) is 13.8 Å². The highest BCUT2D eigenvalue weighted by Crippen LogP contribution is 2.30. The molecule has 0 aliphatic carbocycles. The van der Waals surface area contributed by atoms with Gasteiger partial charge in [0.2, 0.25) is 11.8 Å². The molecule has 2 aliphatic heterocycles. The first-order valence-electron chi connectivity index (χ1n) is 7.98. The Balaban J connectivity index is 1.84. The van der Waals surface area contributed by atoms with Crippen LogP contribution in [-0.4, -0.2) is 57.3 Å². The van der Waals surface area contributed by atoms with E-state index in [9.17, 15) is 14.4 Å². The van der Waals surface area contributed by atoms with E-state index in [4.69, 9.17) is 0 Å². The van der Waals surface area contributed by atoms with E-state index in [1.54, 1.807) is 25.8 Å². The summed E-state index contributed by atoms with van der Waals surface area (Å²) in [6.07, 6.45) is 2.19. The summed E-state index contributed by atoms with van der Waals surface area (Å²) >= 11 is 0. The zero-order chi connectivity index (χ0) is 16.7. The van der Waals surface area contributed by atoms with E-state index in [0.717, 1.165) is 12.8 Å². The molecule has 1 aromatic rings. The first-order valence-corrected chi connectivity index (χ1v) is 7.98. The van der Waals surface area contributed by atoms with Crippen LogP contribution in [0.3, 0.4) is 0 Å². The third-order valence-electron chi connectivity index (χ3n) is 4.90. The number of aryl methyl sites for hydroxylation is 2. The zero-order valence-electron chi connectivity index (χ0n) is 13.8. The van der Waals surface area contributed by atoms with E-state index in [-0.39, 0.29) is 35.9 Å². The van der Waals surface area contributed by atoms with Gasteiger partial charge in [0.05, 0.1) is 6.42 Å². The molecule has 0 unspecified atom stereocenters. The molecule has 7 nitrogen and oxygen atoms in total. The molecule has 1 N–H and O–H groups in total. The molecule has 2 fully saturated rings. The number of likely N-dealkylation sites (N-methyl/N-ethyl adjacent to an activating group) is 1. The number of aromatic nitrogens is 2. The number of H-pyrrole nitrogens is 1. The molecule has 2 saturated heterocycles. The highest BCUT2D eigenvalue weighted by Gasteiger charge is 2.41. The fourth-order valence-electron chi connectivity index (χ4n) is 3.73. The van der Waals surface area contributed by atoms with Crippen LogP contribution in [0.5, 0.6) is 0 Å². The molecule has 124 valence electrons. The van der Waals surface area contributed by atoms with E-state index >= 15 is 0 Å². The van der Waals surface area contributed by atoms with Gasteiger partial charge in [0.1, 0.15) is 5.82 Å². The van der Waals surface area contributed by atoms with Gasteiger partial charge in [-0.25, -0.2) is 4.98 Å². The SMILES string of the molecule is Cc1nc(C)c(CC(=O)N2[C@@H]3CC[C@H]2CN(C)C(=O)C3)c(=O)[nH]1. The van der Waals surface area contributed by atoms with Crippen molar-refractivity contribution in [2.45, 2.75) is 51.6 Å². The quantitative estimate of drug-likeness (QED) is 0.841. The Bertz CT molecular complexity index is 712. The van der Waals surface area contributed by atoms with Gasteiger partial charge in [-0.15, -0.1) is 0 Å². The number of carbonyl (C=O) groups is 2. The highest BCUT2D eigenvalue weighted by molar-refractivity contribution is 5.83. The van der Waals surface area contributed by atoms with Crippen LogP contribution in [0.1, 0.15) is 36.3 Å². The highest BCUT2D eigenvalue weighted by atomic mass is 16.2. The zero-order valence-corrected chi connectivity index (χ0v) is 13.8. The number of hydrogen-bond acceptors (Lipinski definition) is 4. The van der Waals surface area contributed by atoms with Crippen molar-refractivity contribution in [1.29, 1.82) is 0 Å². The van der Waals surface area contributed by atoms with Crippen molar-refractivity contribution >= 4 is 11.8 Å². The molecule has 23 heavy (non-hydrogen) atoms. The molecule has 2 atom stereocenters. The predicted molar refractivity (Wildman–Crippen MR) is 83.9 cm³/mol. The van der Waals surface area contributed by atoms with Crippen LogP contribution < -0.4 is 5.56 Å². The van der Waals surface area contributed by atoms with Crippen molar-refractivity contribution < 1.29 is 9.59 Å². The molecule has 1 aromatic heterocycles. The summed E-state index contributed by atoms with van der Waals surface area (Å²) in [6.45, 7) is 4.04. The number of rotatable bonds is 2.